The van der Waals surface area contributed by atoms with Crippen molar-refractivity contribution < 1.29 is 13.6 Å². The number of para-hydroxylation sites is 1. The van der Waals surface area contributed by atoms with Gasteiger partial charge in [0, 0.05) is 56.7 Å². The molecule has 1 aliphatic heterocycles. The molecular weight excluding hydrogens is 484 g/mol. The van der Waals surface area contributed by atoms with Crippen LogP contribution in [0, 0.1) is 24.5 Å². The summed E-state index contributed by atoms with van der Waals surface area (Å²) >= 11 is 0. The lowest BCUT2D eigenvalue weighted by Gasteiger charge is -2.20. The highest BCUT2D eigenvalue weighted by Crippen LogP contribution is 2.37. The number of aryl methyl sites for hydroxylation is 1. The molecule has 2 atom stereocenters. The Kier molecular flexibility index (Phi) is 7.25. The van der Waals surface area contributed by atoms with Crippen LogP contribution in [0.2, 0.25) is 0 Å². The van der Waals surface area contributed by atoms with Crippen molar-refractivity contribution in [1.29, 1.82) is 0 Å². The monoisotopic (exact) mass is 517 g/mol. The third-order valence-corrected chi connectivity index (χ3v) is 7.65. The number of benzene rings is 2. The van der Waals surface area contributed by atoms with E-state index in [9.17, 15) is 13.6 Å². The molecule has 0 radical (unpaired) electrons. The van der Waals surface area contributed by atoms with Crippen LogP contribution < -0.4 is 0 Å². The number of hydrogen-bond donors (Lipinski definition) is 0. The topological polar surface area (TPSA) is 56.0 Å². The average molecular weight is 518 g/mol. The Morgan fingerprint density at radius 1 is 1.08 bits per heavy atom. The van der Waals surface area contributed by atoms with Gasteiger partial charge >= 0.3 is 0 Å². The first-order valence-electron chi connectivity index (χ1n) is 13.0. The van der Waals surface area contributed by atoms with Gasteiger partial charge in [-0.2, -0.15) is 10.2 Å². The molecule has 8 heteroatoms. The highest BCUT2D eigenvalue weighted by atomic mass is 19.2. The Hall–Kier alpha value is -3.65. The summed E-state index contributed by atoms with van der Waals surface area (Å²) in [5.41, 5.74) is 5.13. The molecule has 3 heterocycles. The largest absolute Gasteiger partial charge is 0.300 e. The van der Waals surface area contributed by atoms with Gasteiger partial charge in [-0.3, -0.25) is 9.48 Å². The predicted octanol–water partition coefficient (Wildman–Crippen LogP) is 5.49. The molecule has 1 saturated heterocycles. The van der Waals surface area contributed by atoms with Gasteiger partial charge in [-0.25, -0.2) is 13.5 Å². The number of carbonyl (C=O) groups is 1. The zero-order valence-corrected chi connectivity index (χ0v) is 22.2. The molecule has 38 heavy (non-hydrogen) atoms. The Balaban J connectivity index is 1.44. The van der Waals surface area contributed by atoms with Crippen LogP contribution in [0.25, 0.3) is 16.9 Å². The van der Waals surface area contributed by atoms with E-state index in [1.807, 2.05) is 55.2 Å². The van der Waals surface area contributed by atoms with Crippen molar-refractivity contribution in [3.05, 3.63) is 89.4 Å². The summed E-state index contributed by atoms with van der Waals surface area (Å²) < 4.78 is 31.3. The van der Waals surface area contributed by atoms with Crippen molar-refractivity contribution in [2.24, 2.45) is 13.0 Å². The number of halogens is 2. The van der Waals surface area contributed by atoms with E-state index in [4.69, 9.17) is 5.10 Å². The smallest absolute Gasteiger partial charge is 0.159 e. The predicted molar refractivity (Wildman–Crippen MR) is 143 cm³/mol. The highest BCUT2D eigenvalue weighted by molar-refractivity contribution is 5.82. The lowest BCUT2D eigenvalue weighted by Crippen LogP contribution is -2.28. The van der Waals surface area contributed by atoms with E-state index in [1.54, 1.807) is 16.9 Å². The van der Waals surface area contributed by atoms with E-state index in [0.717, 1.165) is 40.3 Å². The van der Waals surface area contributed by atoms with Gasteiger partial charge in [-0.05, 0) is 62.1 Å². The van der Waals surface area contributed by atoms with Crippen molar-refractivity contribution in [3.8, 4) is 16.9 Å². The van der Waals surface area contributed by atoms with Gasteiger partial charge in [0.15, 0.2) is 11.6 Å². The molecule has 1 fully saturated rings. The second kappa shape index (κ2) is 10.6. The third-order valence-electron chi connectivity index (χ3n) is 7.65. The fraction of sp³-hybridized carbons (Fsp3) is 0.367. The van der Waals surface area contributed by atoms with Gasteiger partial charge in [0.05, 0.1) is 23.3 Å². The van der Waals surface area contributed by atoms with Crippen LogP contribution in [-0.4, -0.2) is 49.4 Å². The molecule has 198 valence electrons. The minimum absolute atomic E-state index is 0.0148. The second-order valence-corrected chi connectivity index (χ2v) is 10.6. The molecule has 0 bridgehead atoms. The average Bonchev–Trinajstić information content (AvgIpc) is 3.59. The molecule has 0 N–H and O–H groups in total. The third kappa shape index (κ3) is 5.18. The van der Waals surface area contributed by atoms with Crippen molar-refractivity contribution in [1.82, 2.24) is 24.5 Å². The molecule has 5 rings (SSSR count). The van der Waals surface area contributed by atoms with E-state index in [2.05, 4.69) is 23.8 Å². The first-order chi connectivity index (χ1) is 18.2. The van der Waals surface area contributed by atoms with Crippen LogP contribution in [0.4, 0.5) is 8.78 Å². The maximum atomic E-state index is 14.1. The summed E-state index contributed by atoms with van der Waals surface area (Å²) in [7, 11) is 1.86. The lowest BCUT2D eigenvalue weighted by molar-refractivity contribution is -0.119. The number of ketones is 1. The van der Waals surface area contributed by atoms with E-state index >= 15 is 0 Å². The van der Waals surface area contributed by atoms with Crippen molar-refractivity contribution in [2.75, 3.05) is 13.1 Å². The minimum atomic E-state index is -0.853. The van der Waals surface area contributed by atoms with Gasteiger partial charge in [0.25, 0.3) is 0 Å². The summed E-state index contributed by atoms with van der Waals surface area (Å²) in [4.78, 5) is 15.9. The van der Waals surface area contributed by atoms with Gasteiger partial charge in [0.1, 0.15) is 5.78 Å². The summed E-state index contributed by atoms with van der Waals surface area (Å²) in [5, 5.41) is 9.18. The van der Waals surface area contributed by atoms with Gasteiger partial charge in [0.2, 0.25) is 0 Å². The lowest BCUT2D eigenvalue weighted by atomic mass is 9.85. The van der Waals surface area contributed by atoms with Crippen LogP contribution in [0.3, 0.4) is 0 Å². The van der Waals surface area contributed by atoms with Crippen molar-refractivity contribution >= 4 is 5.78 Å². The van der Waals surface area contributed by atoms with Crippen LogP contribution >= 0.6 is 0 Å². The van der Waals surface area contributed by atoms with E-state index < -0.39 is 11.6 Å². The fourth-order valence-corrected chi connectivity index (χ4v) is 5.54. The molecule has 0 unspecified atom stereocenters. The molecule has 1 aliphatic rings. The molecular formula is C30H33F2N5O. The molecule has 6 nitrogen and oxygen atoms in total. The fourth-order valence-electron chi connectivity index (χ4n) is 5.54. The van der Waals surface area contributed by atoms with Crippen LogP contribution in [-0.2, 0) is 18.3 Å². The summed E-state index contributed by atoms with van der Waals surface area (Å²) in [6.45, 7) is 7.69. The molecule has 0 amide bonds. The van der Waals surface area contributed by atoms with Crippen LogP contribution in [0.15, 0.2) is 60.9 Å². The molecule has 0 spiro atoms. The van der Waals surface area contributed by atoms with Gasteiger partial charge in [-0.15, -0.1) is 0 Å². The molecule has 2 aromatic heterocycles. The Bertz CT molecular complexity index is 1440. The highest BCUT2D eigenvalue weighted by Gasteiger charge is 2.36. The summed E-state index contributed by atoms with van der Waals surface area (Å²) in [5.74, 6) is -1.62. The maximum Gasteiger partial charge on any atom is 0.159 e. The molecule has 4 aromatic rings. The Morgan fingerprint density at radius 2 is 1.84 bits per heavy atom. The summed E-state index contributed by atoms with van der Waals surface area (Å²) in [6.07, 6.45) is 4.29. The first kappa shape index (κ1) is 26.0. The quantitative estimate of drug-likeness (QED) is 0.310. The number of rotatable bonds is 8. The van der Waals surface area contributed by atoms with Gasteiger partial charge in [-0.1, -0.05) is 24.3 Å². The second-order valence-electron chi connectivity index (χ2n) is 10.6. The van der Waals surface area contributed by atoms with Crippen LogP contribution in [0.5, 0.6) is 0 Å². The Labute approximate surface area is 221 Å². The number of aromatic nitrogens is 4. The number of Topliss-reactive ketones (excluding diaryl/α,β-unsaturated/α-hetero) is 1. The number of hydrogen-bond acceptors (Lipinski definition) is 4. The van der Waals surface area contributed by atoms with E-state index in [1.165, 1.54) is 12.1 Å². The number of likely N-dealkylation sites (tertiary alicyclic amines) is 1. The normalized spacial score (nSPS) is 18.0. The van der Waals surface area contributed by atoms with E-state index in [-0.39, 0.29) is 24.0 Å². The number of carbonyl (C=O) groups excluding carboxylic acids is 1. The Morgan fingerprint density at radius 3 is 2.50 bits per heavy atom. The molecule has 0 aliphatic carbocycles. The summed E-state index contributed by atoms with van der Waals surface area (Å²) in [6, 6.07) is 14.2. The molecule has 0 saturated carbocycles. The first-order valence-corrected chi connectivity index (χ1v) is 13.0. The zero-order valence-electron chi connectivity index (χ0n) is 22.2. The van der Waals surface area contributed by atoms with Crippen molar-refractivity contribution in [3.63, 3.8) is 0 Å². The zero-order chi connectivity index (χ0) is 27.0. The van der Waals surface area contributed by atoms with E-state index in [0.29, 0.717) is 19.0 Å². The number of nitrogens with zero attached hydrogens (tertiary/aromatic N) is 5. The SMILES string of the molecule is Cc1c(-c2cnn(C)c2)nn(-c2ccccc2)c1CC(=O)C[C@@H]1CN(C(C)C)C[C@H]1c1ccc(F)c(F)c1. The molecule has 2 aromatic carbocycles. The minimum Gasteiger partial charge on any atom is -0.300 e. The van der Waals surface area contributed by atoms with Gasteiger partial charge < -0.3 is 4.90 Å². The standard InChI is InChI=1S/C30H33F2N5O/c1-19(2)36-17-22(26(18-36)21-10-11-27(31)28(32)13-21)12-25(38)14-29-20(3)30(23-15-33-35(4)16-23)34-37(29)24-8-6-5-7-9-24/h5-11,13,15-16,19,22,26H,12,14,17-18H2,1-4H3/t22-,26+/m1/s1. The van der Waals surface area contributed by atoms with Crippen molar-refractivity contribution in [2.45, 2.75) is 45.6 Å². The maximum absolute atomic E-state index is 14.1. The van der Waals surface area contributed by atoms with Crippen LogP contribution in [0.1, 0.15) is 43.0 Å².